The van der Waals surface area contributed by atoms with Crippen molar-refractivity contribution in [2.45, 2.75) is 207 Å². The molecule has 0 spiro atoms. The van der Waals surface area contributed by atoms with Gasteiger partial charge in [0.15, 0.2) is 6.10 Å². The van der Waals surface area contributed by atoms with Crippen LogP contribution in [0.4, 0.5) is 0 Å². The Morgan fingerprint density at radius 3 is 1.35 bits per heavy atom. The van der Waals surface area contributed by atoms with Gasteiger partial charge in [-0.3, -0.25) is 9.59 Å². The molecule has 0 aromatic rings. The highest BCUT2D eigenvalue weighted by molar-refractivity contribution is 5.70. The fraction of sp³-hybridized carbons (Fsp3) is 0.714. The molecule has 0 bridgehead atoms. The van der Waals surface area contributed by atoms with Crippen LogP contribution < -0.4 is 0 Å². The Hall–Kier alpha value is -2.66. The van der Waals surface area contributed by atoms with Gasteiger partial charge in [-0.05, 0) is 96.3 Å². The maximum Gasteiger partial charge on any atom is 0.306 e. The summed E-state index contributed by atoms with van der Waals surface area (Å²) in [4.78, 5) is 25.2. The number of esters is 2. The fourth-order valence-electron chi connectivity index (χ4n) is 5.81. The van der Waals surface area contributed by atoms with Crippen LogP contribution in [0.15, 0.2) is 72.9 Å². The van der Waals surface area contributed by atoms with E-state index in [1.165, 1.54) is 64.2 Å². The molecule has 0 N–H and O–H groups in total. The molecule has 1 atom stereocenters. The summed E-state index contributed by atoms with van der Waals surface area (Å²) >= 11 is 0. The van der Waals surface area contributed by atoms with Crippen molar-refractivity contribution in [3.05, 3.63) is 72.9 Å². The van der Waals surface area contributed by atoms with Gasteiger partial charge in [0.1, 0.15) is 6.61 Å². The molecule has 0 saturated carbocycles. The van der Waals surface area contributed by atoms with Crippen molar-refractivity contribution >= 4 is 11.9 Å². The molecule has 0 aliphatic rings. The van der Waals surface area contributed by atoms with Gasteiger partial charge in [0, 0.05) is 19.4 Å². The van der Waals surface area contributed by atoms with E-state index in [-0.39, 0.29) is 25.2 Å². The summed E-state index contributed by atoms with van der Waals surface area (Å²) in [6.45, 7) is 7.54. The summed E-state index contributed by atoms with van der Waals surface area (Å²) in [6, 6.07) is 0. The van der Waals surface area contributed by atoms with Crippen LogP contribution in [0, 0.1) is 0 Å². The van der Waals surface area contributed by atoms with Crippen molar-refractivity contribution in [3.63, 3.8) is 0 Å². The van der Waals surface area contributed by atoms with Crippen molar-refractivity contribution in [1.82, 2.24) is 0 Å². The first kappa shape index (κ1) is 51.3. The van der Waals surface area contributed by atoms with Crippen LogP contribution in [-0.4, -0.2) is 37.9 Å². The molecule has 0 saturated heterocycles. The first-order chi connectivity index (χ1) is 26.6. The second-order valence-corrected chi connectivity index (χ2v) is 14.6. The minimum Gasteiger partial charge on any atom is -0.462 e. The lowest BCUT2D eigenvalue weighted by molar-refractivity contribution is -0.163. The van der Waals surface area contributed by atoms with Crippen molar-refractivity contribution in [3.8, 4) is 0 Å². The molecule has 54 heavy (non-hydrogen) atoms. The topological polar surface area (TPSA) is 61.8 Å². The third-order valence-corrected chi connectivity index (χ3v) is 9.20. The first-order valence-corrected chi connectivity index (χ1v) is 22.5. The number of carbonyl (C=O) groups is 2. The average Bonchev–Trinajstić information content (AvgIpc) is 3.17. The number of ether oxygens (including phenoxy) is 3. The lowest BCUT2D eigenvalue weighted by atomic mass is 10.1. The Labute approximate surface area is 334 Å². The molecule has 0 aromatic carbocycles. The second kappa shape index (κ2) is 44.7. The highest BCUT2D eigenvalue weighted by atomic mass is 16.6. The van der Waals surface area contributed by atoms with E-state index in [0.29, 0.717) is 19.4 Å². The minimum atomic E-state index is -0.560. The van der Waals surface area contributed by atoms with Crippen LogP contribution in [-0.2, 0) is 23.8 Å². The van der Waals surface area contributed by atoms with Crippen LogP contribution in [0.5, 0.6) is 0 Å². The molecular weight excluding hydrogens is 669 g/mol. The highest BCUT2D eigenvalue weighted by Gasteiger charge is 2.17. The van der Waals surface area contributed by atoms with Crippen molar-refractivity contribution < 1.29 is 23.8 Å². The molecule has 0 radical (unpaired) electrons. The van der Waals surface area contributed by atoms with Crippen LogP contribution in [0.2, 0.25) is 0 Å². The van der Waals surface area contributed by atoms with Gasteiger partial charge in [0.25, 0.3) is 0 Å². The maximum atomic E-state index is 12.7. The van der Waals surface area contributed by atoms with E-state index in [0.717, 1.165) is 103 Å². The van der Waals surface area contributed by atoms with Crippen LogP contribution >= 0.6 is 0 Å². The van der Waals surface area contributed by atoms with Gasteiger partial charge in [-0.15, -0.1) is 0 Å². The Morgan fingerprint density at radius 1 is 0.426 bits per heavy atom. The minimum absolute atomic E-state index is 0.0620. The van der Waals surface area contributed by atoms with Gasteiger partial charge in [-0.25, -0.2) is 0 Å². The van der Waals surface area contributed by atoms with E-state index < -0.39 is 6.10 Å². The smallest absolute Gasteiger partial charge is 0.306 e. The van der Waals surface area contributed by atoms with E-state index in [4.69, 9.17) is 14.2 Å². The molecule has 0 aliphatic heterocycles. The molecule has 1 unspecified atom stereocenters. The zero-order valence-electron chi connectivity index (χ0n) is 35.5. The fourth-order valence-corrected chi connectivity index (χ4v) is 5.81. The van der Waals surface area contributed by atoms with Gasteiger partial charge in [0.05, 0.1) is 6.61 Å². The monoisotopic (exact) mass is 753 g/mol. The summed E-state index contributed by atoms with van der Waals surface area (Å²) in [5.41, 5.74) is 0. The summed E-state index contributed by atoms with van der Waals surface area (Å²) in [6.07, 6.45) is 56.1. The summed E-state index contributed by atoms with van der Waals surface area (Å²) in [7, 11) is 0. The molecular formula is C49H84O5. The van der Waals surface area contributed by atoms with Crippen molar-refractivity contribution in [1.29, 1.82) is 0 Å². The molecule has 5 heteroatoms. The Balaban J connectivity index is 4.34. The quantitative estimate of drug-likeness (QED) is 0.0354. The van der Waals surface area contributed by atoms with Crippen molar-refractivity contribution in [2.24, 2.45) is 0 Å². The summed E-state index contributed by atoms with van der Waals surface area (Å²) in [5.74, 6) is -0.442. The van der Waals surface area contributed by atoms with E-state index in [9.17, 15) is 9.59 Å². The molecule has 0 rings (SSSR count). The Bertz CT molecular complexity index is 988. The number of unbranched alkanes of at least 4 members (excludes halogenated alkanes) is 17. The molecule has 0 aliphatic carbocycles. The van der Waals surface area contributed by atoms with E-state index in [2.05, 4.69) is 93.7 Å². The summed E-state index contributed by atoms with van der Waals surface area (Å²) < 4.78 is 17.2. The zero-order chi connectivity index (χ0) is 39.3. The highest BCUT2D eigenvalue weighted by Crippen LogP contribution is 2.12. The van der Waals surface area contributed by atoms with Crippen LogP contribution in [0.3, 0.4) is 0 Å². The molecule has 0 heterocycles. The molecule has 0 fully saturated rings. The van der Waals surface area contributed by atoms with Crippen molar-refractivity contribution in [2.75, 3.05) is 19.8 Å². The number of rotatable bonds is 40. The van der Waals surface area contributed by atoms with E-state index in [1.54, 1.807) is 0 Å². The molecule has 0 aromatic heterocycles. The van der Waals surface area contributed by atoms with Crippen LogP contribution in [0.25, 0.3) is 0 Å². The van der Waals surface area contributed by atoms with Gasteiger partial charge < -0.3 is 14.2 Å². The normalized spacial score (nSPS) is 12.9. The lowest BCUT2D eigenvalue weighted by Crippen LogP contribution is -2.30. The third kappa shape index (κ3) is 42.1. The molecule has 310 valence electrons. The van der Waals surface area contributed by atoms with Gasteiger partial charge in [0.2, 0.25) is 0 Å². The largest absolute Gasteiger partial charge is 0.462 e. The second-order valence-electron chi connectivity index (χ2n) is 14.6. The standard InChI is InChI=1S/C49H84O5/c1-4-7-10-13-16-19-22-23-24-25-26-29-32-35-38-41-44-52-45-47(54-49(51)43-40-37-34-31-28-21-18-15-12-9-6-3)46-53-48(50)42-39-36-33-30-27-20-17-14-11-8-5-2/h7,10,14-19,23-24,26,29,47H,4-6,8-9,11-13,20-22,25,27-28,30-46H2,1-3H3/b10-7-,17-14-,18-15-,19-16-,24-23-,29-26-. The molecule has 5 nitrogen and oxygen atoms in total. The van der Waals surface area contributed by atoms with Gasteiger partial charge >= 0.3 is 11.9 Å². The average molecular weight is 753 g/mol. The van der Waals surface area contributed by atoms with Gasteiger partial charge in [-0.1, -0.05) is 164 Å². The molecule has 0 amide bonds. The number of allylic oxidation sites excluding steroid dienone is 12. The number of hydrogen-bond donors (Lipinski definition) is 0. The predicted octanol–water partition coefficient (Wildman–Crippen LogP) is 14.8. The predicted molar refractivity (Wildman–Crippen MR) is 233 cm³/mol. The third-order valence-electron chi connectivity index (χ3n) is 9.20. The van der Waals surface area contributed by atoms with Gasteiger partial charge in [-0.2, -0.15) is 0 Å². The first-order valence-electron chi connectivity index (χ1n) is 22.5. The van der Waals surface area contributed by atoms with E-state index in [1.807, 2.05) is 0 Å². The number of carbonyl (C=O) groups excluding carboxylic acids is 2. The SMILES string of the molecule is CC/C=C\C/C=C\C/C=C\C/C=C\CCCCCOCC(COC(=O)CCCCCCC/C=C\CCCC)OC(=O)CCCCCCC/C=C\CCCC. The zero-order valence-corrected chi connectivity index (χ0v) is 35.5. The van der Waals surface area contributed by atoms with E-state index >= 15 is 0 Å². The Morgan fingerprint density at radius 2 is 0.833 bits per heavy atom. The maximum absolute atomic E-state index is 12.7. The number of hydrogen-bond acceptors (Lipinski definition) is 5. The lowest BCUT2D eigenvalue weighted by Gasteiger charge is -2.18. The Kier molecular flexibility index (Phi) is 42.5. The summed E-state index contributed by atoms with van der Waals surface area (Å²) in [5, 5.41) is 0. The van der Waals surface area contributed by atoms with Crippen LogP contribution in [0.1, 0.15) is 201 Å².